The lowest BCUT2D eigenvalue weighted by Gasteiger charge is -2.28. The normalized spacial score (nSPS) is 21.5. The van der Waals surface area contributed by atoms with Gasteiger partial charge in [-0.15, -0.1) is 0 Å². The highest BCUT2D eigenvalue weighted by atomic mass is 35.5. The Labute approximate surface area is 84.8 Å². The van der Waals surface area contributed by atoms with Crippen molar-refractivity contribution in [3.8, 4) is 6.07 Å². The molecule has 3 heteroatoms. The standard InChI is InChI=1S/C10H15ClN2/c1-9(6-11)8-13-4-2-10(7-12)3-5-13/h6,10H,2-5,8H2,1H3. The summed E-state index contributed by atoms with van der Waals surface area (Å²) in [5.74, 6) is 0.275. The molecule has 2 nitrogen and oxygen atoms in total. The summed E-state index contributed by atoms with van der Waals surface area (Å²) in [6, 6.07) is 2.32. The maximum absolute atomic E-state index is 8.70. The number of likely N-dealkylation sites (tertiary alicyclic amines) is 1. The van der Waals surface area contributed by atoms with Crippen molar-refractivity contribution in [1.29, 1.82) is 5.26 Å². The van der Waals surface area contributed by atoms with Gasteiger partial charge in [0.2, 0.25) is 0 Å². The van der Waals surface area contributed by atoms with Crippen LogP contribution in [0.3, 0.4) is 0 Å². The fourth-order valence-electron chi connectivity index (χ4n) is 1.61. The average molecular weight is 199 g/mol. The van der Waals surface area contributed by atoms with Crippen molar-refractivity contribution in [1.82, 2.24) is 4.90 Å². The summed E-state index contributed by atoms with van der Waals surface area (Å²) in [6.45, 7) is 5.03. The molecule has 0 aromatic carbocycles. The van der Waals surface area contributed by atoms with E-state index in [0.717, 1.165) is 32.5 Å². The zero-order chi connectivity index (χ0) is 9.68. The summed E-state index contributed by atoms with van der Waals surface area (Å²) in [4.78, 5) is 2.35. The molecule has 13 heavy (non-hydrogen) atoms. The van der Waals surface area contributed by atoms with Crippen LogP contribution in [0.2, 0.25) is 0 Å². The number of nitriles is 1. The highest BCUT2D eigenvalue weighted by Gasteiger charge is 2.18. The van der Waals surface area contributed by atoms with Gasteiger partial charge in [0.05, 0.1) is 6.07 Å². The third-order valence-corrected chi connectivity index (χ3v) is 2.80. The van der Waals surface area contributed by atoms with E-state index in [1.807, 2.05) is 6.92 Å². The van der Waals surface area contributed by atoms with Gasteiger partial charge in [-0.05, 0) is 38.4 Å². The lowest BCUT2D eigenvalue weighted by Crippen LogP contribution is -2.34. The number of hydrogen-bond donors (Lipinski definition) is 0. The van der Waals surface area contributed by atoms with Gasteiger partial charge in [-0.1, -0.05) is 11.6 Å². The predicted octanol–water partition coefficient (Wildman–Crippen LogP) is 2.36. The Bertz CT molecular complexity index is 222. The molecule has 1 aliphatic rings. The molecule has 0 atom stereocenters. The minimum atomic E-state index is 0.275. The van der Waals surface area contributed by atoms with Crippen LogP contribution in [0.5, 0.6) is 0 Å². The van der Waals surface area contributed by atoms with Gasteiger partial charge in [-0.3, -0.25) is 4.90 Å². The van der Waals surface area contributed by atoms with Crippen LogP contribution in [0.1, 0.15) is 19.8 Å². The Balaban J connectivity index is 2.30. The zero-order valence-electron chi connectivity index (χ0n) is 7.96. The van der Waals surface area contributed by atoms with E-state index < -0.39 is 0 Å². The first-order valence-electron chi connectivity index (χ1n) is 4.64. The van der Waals surface area contributed by atoms with E-state index >= 15 is 0 Å². The van der Waals surface area contributed by atoms with E-state index in [1.54, 1.807) is 5.54 Å². The molecule has 0 spiro atoms. The first-order valence-corrected chi connectivity index (χ1v) is 5.07. The second kappa shape index (κ2) is 5.26. The van der Waals surface area contributed by atoms with Crippen molar-refractivity contribution < 1.29 is 0 Å². The molecule has 1 rings (SSSR count). The molecular formula is C10H15ClN2. The van der Waals surface area contributed by atoms with Crippen molar-refractivity contribution in [3.05, 3.63) is 11.1 Å². The number of nitrogens with zero attached hydrogens (tertiary/aromatic N) is 2. The molecule has 72 valence electrons. The Morgan fingerprint density at radius 3 is 2.69 bits per heavy atom. The molecule has 1 fully saturated rings. The quantitative estimate of drug-likeness (QED) is 0.681. The predicted molar refractivity (Wildman–Crippen MR) is 54.4 cm³/mol. The third kappa shape index (κ3) is 3.38. The number of piperidine rings is 1. The van der Waals surface area contributed by atoms with Crippen molar-refractivity contribution >= 4 is 11.6 Å². The van der Waals surface area contributed by atoms with Gasteiger partial charge in [0.1, 0.15) is 0 Å². The van der Waals surface area contributed by atoms with Crippen molar-refractivity contribution in [3.63, 3.8) is 0 Å². The minimum absolute atomic E-state index is 0.275. The van der Waals surface area contributed by atoms with Crippen LogP contribution in [0, 0.1) is 17.2 Å². The van der Waals surface area contributed by atoms with Crippen LogP contribution in [0.25, 0.3) is 0 Å². The van der Waals surface area contributed by atoms with E-state index in [0.29, 0.717) is 0 Å². The maximum atomic E-state index is 8.70. The summed E-state index contributed by atoms with van der Waals surface area (Å²) in [7, 11) is 0. The fourth-order valence-corrected chi connectivity index (χ4v) is 1.68. The topological polar surface area (TPSA) is 27.0 Å². The zero-order valence-corrected chi connectivity index (χ0v) is 8.72. The van der Waals surface area contributed by atoms with Gasteiger partial charge in [0.15, 0.2) is 0 Å². The summed E-state index contributed by atoms with van der Waals surface area (Å²) >= 11 is 5.59. The van der Waals surface area contributed by atoms with Gasteiger partial charge in [0, 0.05) is 18.0 Å². The van der Waals surface area contributed by atoms with Crippen LogP contribution in [-0.4, -0.2) is 24.5 Å². The largest absolute Gasteiger partial charge is 0.299 e. The summed E-state index contributed by atoms with van der Waals surface area (Å²) < 4.78 is 0. The molecule has 0 saturated carbocycles. The Kier molecular flexibility index (Phi) is 4.27. The van der Waals surface area contributed by atoms with Crippen LogP contribution in [0.15, 0.2) is 11.1 Å². The molecule has 0 aromatic heterocycles. The van der Waals surface area contributed by atoms with Gasteiger partial charge >= 0.3 is 0 Å². The van der Waals surface area contributed by atoms with Crippen LogP contribution in [-0.2, 0) is 0 Å². The molecule has 0 N–H and O–H groups in total. The Morgan fingerprint density at radius 1 is 1.62 bits per heavy atom. The highest BCUT2D eigenvalue weighted by molar-refractivity contribution is 6.25. The van der Waals surface area contributed by atoms with Crippen molar-refractivity contribution in [2.45, 2.75) is 19.8 Å². The van der Waals surface area contributed by atoms with E-state index in [2.05, 4.69) is 11.0 Å². The maximum Gasteiger partial charge on any atom is 0.0656 e. The molecule has 1 saturated heterocycles. The molecule has 0 bridgehead atoms. The molecule has 0 radical (unpaired) electrons. The van der Waals surface area contributed by atoms with Crippen LogP contribution < -0.4 is 0 Å². The van der Waals surface area contributed by atoms with E-state index in [4.69, 9.17) is 16.9 Å². The number of halogens is 1. The first kappa shape index (κ1) is 10.6. The summed E-state index contributed by atoms with van der Waals surface area (Å²) in [6.07, 6.45) is 2.01. The van der Waals surface area contributed by atoms with E-state index in [9.17, 15) is 0 Å². The molecular weight excluding hydrogens is 184 g/mol. The Morgan fingerprint density at radius 2 is 2.23 bits per heavy atom. The second-order valence-electron chi connectivity index (χ2n) is 3.63. The van der Waals surface area contributed by atoms with Gasteiger partial charge in [0.25, 0.3) is 0 Å². The Hall–Kier alpha value is -0.520. The summed E-state index contributed by atoms with van der Waals surface area (Å²) in [5, 5.41) is 8.70. The van der Waals surface area contributed by atoms with Gasteiger partial charge < -0.3 is 0 Å². The summed E-state index contributed by atoms with van der Waals surface area (Å²) in [5.41, 5.74) is 2.83. The van der Waals surface area contributed by atoms with Crippen molar-refractivity contribution in [2.24, 2.45) is 5.92 Å². The molecule has 1 heterocycles. The fraction of sp³-hybridized carbons (Fsp3) is 0.700. The molecule has 0 amide bonds. The monoisotopic (exact) mass is 198 g/mol. The van der Waals surface area contributed by atoms with E-state index in [1.165, 1.54) is 5.57 Å². The first-order chi connectivity index (χ1) is 6.26. The lowest BCUT2D eigenvalue weighted by molar-refractivity contribution is 0.221. The lowest BCUT2D eigenvalue weighted by atomic mass is 9.98. The van der Waals surface area contributed by atoms with Crippen LogP contribution >= 0.6 is 11.6 Å². The molecule has 1 aliphatic heterocycles. The average Bonchev–Trinajstić information content (AvgIpc) is 2.19. The SMILES string of the molecule is CC(=CCl)CN1CCC(C#N)CC1. The smallest absolute Gasteiger partial charge is 0.0656 e. The van der Waals surface area contributed by atoms with Gasteiger partial charge in [-0.25, -0.2) is 0 Å². The van der Waals surface area contributed by atoms with Crippen LogP contribution in [0.4, 0.5) is 0 Å². The second-order valence-corrected chi connectivity index (χ2v) is 3.85. The molecule has 0 unspecified atom stereocenters. The van der Waals surface area contributed by atoms with Gasteiger partial charge in [-0.2, -0.15) is 5.26 Å². The number of rotatable bonds is 2. The highest BCUT2D eigenvalue weighted by Crippen LogP contribution is 2.16. The third-order valence-electron chi connectivity index (χ3n) is 2.43. The molecule has 0 aromatic rings. The van der Waals surface area contributed by atoms with Crippen molar-refractivity contribution in [2.75, 3.05) is 19.6 Å². The van der Waals surface area contributed by atoms with E-state index in [-0.39, 0.29) is 5.92 Å². The molecule has 0 aliphatic carbocycles. The minimum Gasteiger partial charge on any atom is -0.299 e. The number of hydrogen-bond acceptors (Lipinski definition) is 2.